The van der Waals surface area contributed by atoms with E-state index in [9.17, 15) is 0 Å². The Morgan fingerprint density at radius 1 is 1.44 bits per heavy atom. The van der Waals surface area contributed by atoms with E-state index in [-0.39, 0.29) is 0 Å². The van der Waals surface area contributed by atoms with Gasteiger partial charge >= 0.3 is 0 Å². The fourth-order valence-electron chi connectivity index (χ4n) is 1.57. The van der Waals surface area contributed by atoms with Crippen LogP contribution in [0.15, 0.2) is 41.7 Å². The molecule has 2 heterocycles. The minimum atomic E-state index is 0.896. The molecule has 0 saturated heterocycles. The molecule has 0 atom stereocenters. The van der Waals surface area contributed by atoms with Crippen LogP contribution in [0.2, 0.25) is 0 Å². The first-order valence-electron chi connectivity index (χ1n) is 5.64. The molecular formula is C13H14BrN3S. The number of anilines is 1. The predicted molar refractivity (Wildman–Crippen MR) is 83.2 cm³/mol. The summed E-state index contributed by atoms with van der Waals surface area (Å²) in [4.78, 5) is 8.71. The molecule has 0 aromatic carbocycles. The van der Waals surface area contributed by atoms with Crippen molar-refractivity contribution in [1.29, 1.82) is 0 Å². The summed E-state index contributed by atoms with van der Waals surface area (Å²) in [6.45, 7) is 4.61. The first-order chi connectivity index (χ1) is 8.81. The van der Waals surface area contributed by atoms with Gasteiger partial charge in [-0.1, -0.05) is 6.08 Å². The number of rotatable bonds is 6. The number of nitrogens with zero attached hydrogens (tertiary/aromatic N) is 2. The number of thioether (sulfide) groups is 1. The van der Waals surface area contributed by atoms with Gasteiger partial charge in [-0.3, -0.25) is 9.97 Å². The standard InChI is InChI=1S/C13H14BrN3S/c1-2-6-18-7-5-16-11-3-4-15-12-8-10(14)9-17-13(11)12/h2-4,8-9H,1,5-7H2,(H,15,16). The van der Waals surface area contributed by atoms with E-state index >= 15 is 0 Å². The summed E-state index contributed by atoms with van der Waals surface area (Å²) in [5.41, 5.74) is 2.84. The molecule has 2 aromatic heterocycles. The Bertz CT molecular complexity index is 545. The molecule has 0 aliphatic rings. The number of nitrogens with one attached hydrogen (secondary N) is 1. The summed E-state index contributed by atoms with van der Waals surface area (Å²) in [5, 5.41) is 3.39. The van der Waals surface area contributed by atoms with E-state index in [1.165, 1.54) is 0 Å². The third kappa shape index (κ3) is 3.46. The van der Waals surface area contributed by atoms with E-state index in [0.717, 1.165) is 39.2 Å². The average molecular weight is 324 g/mol. The van der Waals surface area contributed by atoms with E-state index in [0.29, 0.717) is 0 Å². The van der Waals surface area contributed by atoms with Crippen LogP contribution in [-0.4, -0.2) is 28.0 Å². The number of aromatic nitrogens is 2. The van der Waals surface area contributed by atoms with Crippen molar-refractivity contribution in [3.63, 3.8) is 0 Å². The second kappa shape index (κ2) is 6.75. The van der Waals surface area contributed by atoms with Gasteiger partial charge in [0.1, 0.15) is 5.52 Å². The maximum atomic E-state index is 4.40. The van der Waals surface area contributed by atoms with E-state index < -0.39 is 0 Å². The Hall–Kier alpha value is -1.07. The topological polar surface area (TPSA) is 37.8 Å². The lowest BCUT2D eigenvalue weighted by Gasteiger charge is -2.08. The lowest BCUT2D eigenvalue weighted by atomic mass is 10.3. The highest BCUT2D eigenvalue weighted by Crippen LogP contribution is 2.21. The molecule has 0 spiro atoms. The van der Waals surface area contributed by atoms with E-state index in [4.69, 9.17) is 0 Å². The zero-order valence-electron chi connectivity index (χ0n) is 9.90. The van der Waals surface area contributed by atoms with Gasteiger partial charge in [-0.05, 0) is 28.1 Å². The van der Waals surface area contributed by atoms with Crippen LogP contribution in [0.1, 0.15) is 0 Å². The van der Waals surface area contributed by atoms with E-state index in [1.54, 1.807) is 12.4 Å². The van der Waals surface area contributed by atoms with Crippen LogP contribution in [-0.2, 0) is 0 Å². The molecule has 0 bridgehead atoms. The molecule has 2 rings (SSSR count). The number of halogens is 1. The minimum absolute atomic E-state index is 0.896. The van der Waals surface area contributed by atoms with Crippen LogP contribution in [0.4, 0.5) is 5.69 Å². The van der Waals surface area contributed by atoms with Gasteiger partial charge < -0.3 is 5.32 Å². The quantitative estimate of drug-likeness (QED) is 0.649. The second-order valence-corrected chi connectivity index (χ2v) is 5.74. The van der Waals surface area contributed by atoms with Crippen molar-refractivity contribution >= 4 is 44.4 Å². The monoisotopic (exact) mass is 323 g/mol. The average Bonchev–Trinajstić information content (AvgIpc) is 2.38. The Balaban J connectivity index is 2.06. The second-order valence-electron chi connectivity index (χ2n) is 3.67. The first-order valence-corrected chi connectivity index (χ1v) is 7.59. The number of fused-ring (bicyclic) bond motifs is 1. The normalized spacial score (nSPS) is 10.5. The molecule has 0 unspecified atom stereocenters. The minimum Gasteiger partial charge on any atom is -0.382 e. The van der Waals surface area contributed by atoms with Crippen LogP contribution in [0.3, 0.4) is 0 Å². The summed E-state index contributed by atoms with van der Waals surface area (Å²) in [7, 11) is 0. The molecule has 3 nitrogen and oxygen atoms in total. The zero-order valence-corrected chi connectivity index (χ0v) is 12.3. The summed E-state index contributed by atoms with van der Waals surface area (Å²) in [6, 6.07) is 3.93. The van der Waals surface area contributed by atoms with Crippen molar-refractivity contribution in [3.8, 4) is 0 Å². The summed E-state index contributed by atoms with van der Waals surface area (Å²) >= 11 is 5.26. The van der Waals surface area contributed by atoms with Crippen molar-refractivity contribution in [3.05, 3.63) is 41.7 Å². The Kier molecular flexibility index (Phi) is 5.01. The van der Waals surface area contributed by atoms with Crippen LogP contribution in [0.5, 0.6) is 0 Å². The molecule has 5 heteroatoms. The highest BCUT2D eigenvalue weighted by atomic mass is 79.9. The van der Waals surface area contributed by atoms with Crippen LogP contribution < -0.4 is 5.32 Å². The van der Waals surface area contributed by atoms with Gasteiger partial charge in [-0.2, -0.15) is 11.8 Å². The fourth-order valence-corrected chi connectivity index (χ4v) is 2.47. The summed E-state index contributed by atoms with van der Waals surface area (Å²) < 4.78 is 0.946. The third-order valence-electron chi connectivity index (χ3n) is 2.34. The van der Waals surface area contributed by atoms with Crippen molar-refractivity contribution in [2.24, 2.45) is 0 Å². The van der Waals surface area contributed by atoms with E-state index in [1.807, 2.05) is 30.0 Å². The molecular weight excluding hydrogens is 310 g/mol. The van der Waals surface area contributed by atoms with Crippen LogP contribution >= 0.6 is 27.7 Å². The predicted octanol–water partition coefficient (Wildman–Crippen LogP) is 3.72. The highest BCUT2D eigenvalue weighted by molar-refractivity contribution is 9.10. The lowest BCUT2D eigenvalue weighted by molar-refractivity contribution is 1.22. The van der Waals surface area contributed by atoms with Gasteiger partial charge in [0.05, 0.1) is 11.2 Å². The molecule has 0 aliphatic heterocycles. The fraction of sp³-hybridized carbons (Fsp3) is 0.231. The van der Waals surface area contributed by atoms with Gasteiger partial charge in [-0.25, -0.2) is 0 Å². The van der Waals surface area contributed by atoms with Gasteiger partial charge in [0, 0.05) is 34.9 Å². The third-order valence-corrected chi connectivity index (χ3v) is 3.74. The Morgan fingerprint density at radius 2 is 2.33 bits per heavy atom. The van der Waals surface area contributed by atoms with Gasteiger partial charge in [-0.15, -0.1) is 6.58 Å². The maximum absolute atomic E-state index is 4.40. The van der Waals surface area contributed by atoms with E-state index in [2.05, 4.69) is 37.8 Å². The van der Waals surface area contributed by atoms with Crippen molar-refractivity contribution in [1.82, 2.24) is 9.97 Å². The zero-order chi connectivity index (χ0) is 12.8. The molecule has 0 amide bonds. The summed E-state index contributed by atoms with van der Waals surface area (Å²) in [5.74, 6) is 2.04. The van der Waals surface area contributed by atoms with Crippen LogP contribution in [0.25, 0.3) is 11.0 Å². The smallest absolute Gasteiger partial charge is 0.112 e. The number of hydrogen-bond donors (Lipinski definition) is 1. The molecule has 2 aromatic rings. The Labute approximate surface area is 119 Å². The SMILES string of the molecule is C=CCSCCNc1ccnc2cc(Br)cnc12. The Morgan fingerprint density at radius 3 is 3.17 bits per heavy atom. The first kappa shape index (κ1) is 13.4. The summed E-state index contributed by atoms with van der Waals surface area (Å²) in [6.07, 6.45) is 5.52. The maximum Gasteiger partial charge on any atom is 0.112 e. The molecule has 94 valence electrons. The number of hydrogen-bond acceptors (Lipinski definition) is 4. The van der Waals surface area contributed by atoms with Gasteiger partial charge in [0.2, 0.25) is 0 Å². The van der Waals surface area contributed by atoms with Crippen molar-refractivity contribution < 1.29 is 0 Å². The molecule has 0 aliphatic carbocycles. The largest absolute Gasteiger partial charge is 0.382 e. The molecule has 1 N–H and O–H groups in total. The van der Waals surface area contributed by atoms with Gasteiger partial charge in [0.25, 0.3) is 0 Å². The molecule has 18 heavy (non-hydrogen) atoms. The van der Waals surface area contributed by atoms with Crippen LogP contribution in [0, 0.1) is 0 Å². The molecule has 0 radical (unpaired) electrons. The number of pyridine rings is 2. The lowest BCUT2D eigenvalue weighted by Crippen LogP contribution is -2.05. The molecule has 0 fully saturated rings. The van der Waals surface area contributed by atoms with Gasteiger partial charge in [0.15, 0.2) is 0 Å². The van der Waals surface area contributed by atoms with Crippen molar-refractivity contribution in [2.45, 2.75) is 0 Å². The molecule has 0 saturated carbocycles. The van der Waals surface area contributed by atoms with Crippen molar-refractivity contribution in [2.75, 3.05) is 23.4 Å². The highest BCUT2D eigenvalue weighted by Gasteiger charge is 2.03.